The number of cyclic esters (lactones) is 1. The molecular formula is C28H37BFNO5. The number of aliphatic hydroxyl groups is 1. The Labute approximate surface area is 213 Å². The molecular weight excluding hydrogens is 460 g/mol. The molecule has 2 atom stereocenters. The van der Waals surface area contributed by atoms with E-state index in [4.69, 9.17) is 14.0 Å². The number of hydrogen-bond donors (Lipinski definition) is 1. The van der Waals surface area contributed by atoms with Gasteiger partial charge in [0.25, 0.3) is 0 Å². The Bertz CT molecular complexity index is 1100. The van der Waals surface area contributed by atoms with E-state index in [1.54, 1.807) is 36.9 Å². The van der Waals surface area contributed by atoms with Crippen LogP contribution in [0, 0.1) is 5.82 Å². The predicted octanol–water partition coefficient (Wildman–Crippen LogP) is 5.08. The van der Waals surface area contributed by atoms with Crippen molar-refractivity contribution in [2.75, 3.05) is 6.54 Å². The number of hydrogen-bond acceptors (Lipinski definition) is 5. The number of ether oxygens (including phenoxy) is 1. The third kappa shape index (κ3) is 5.04. The van der Waals surface area contributed by atoms with Gasteiger partial charge in [0.1, 0.15) is 11.4 Å². The lowest BCUT2D eigenvalue weighted by molar-refractivity contribution is -0.102. The molecule has 0 aliphatic carbocycles. The zero-order valence-electron chi connectivity index (χ0n) is 22.3. The number of halogens is 1. The summed E-state index contributed by atoms with van der Waals surface area (Å²) < 4.78 is 33.0. The molecule has 2 aliphatic rings. The summed E-state index contributed by atoms with van der Waals surface area (Å²) >= 11 is 0. The molecule has 36 heavy (non-hydrogen) atoms. The number of carbonyl (C=O) groups excluding carboxylic acids is 1. The van der Waals surface area contributed by atoms with Gasteiger partial charge in [0.05, 0.1) is 22.8 Å². The molecule has 6 nitrogen and oxygen atoms in total. The monoisotopic (exact) mass is 497 g/mol. The summed E-state index contributed by atoms with van der Waals surface area (Å²) in [7, 11) is -0.456. The molecule has 194 valence electrons. The van der Waals surface area contributed by atoms with E-state index in [-0.39, 0.29) is 12.5 Å². The first-order valence-corrected chi connectivity index (χ1v) is 12.6. The Morgan fingerprint density at radius 1 is 1.06 bits per heavy atom. The van der Waals surface area contributed by atoms with Crippen molar-refractivity contribution in [2.24, 2.45) is 0 Å². The fourth-order valence-electron chi connectivity index (χ4n) is 5.05. The maximum atomic E-state index is 14.8. The first-order chi connectivity index (χ1) is 16.6. The minimum atomic E-state index is -1.24. The van der Waals surface area contributed by atoms with Gasteiger partial charge in [0.2, 0.25) is 0 Å². The van der Waals surface area contributed by atoms with Crippen LogP contribution in [0.1, 0.15) is 78.5 Å². The van der Waals surface area contributed by atoms with Crippen LogP contribution in [0.15, 0.2) is 48.5 Å². The van der Waals surface area contributed by atoms with Gasteiger partial charge >= 0.3 is 13.2 Å². The zero-order chi connectivity index (χ0) is 26.5. The van der Waals surface area contributed by atoms with Gasteiger partial charge in [-0.2, -0.15) is 0 Å². The summed E-state index contributed by atoms with van der Waals surface area (Å²) in [5.74, 6) is -0.450. The number of nitrogens with zero attached hydrogens (tertiary/aromatic N) is 1. The van der Waals surface area contributed by atoms with Gasteiger partial charge in [-0.3, -0.25) is 0 Å². The van der Waals surface area contributed by atoms with Crippen molar-refractivity contribution in [2.45, 2.75) is 89.8 Å². The summed E-state index contributed by atoms with van der Waals surface area (Å²) in [6, 6.07) is 13.9. The van der Waals surface area contributed by atoms with E-state index >= 15 is 0 Å². The zero-order valence-corrected chi connectivity index (χ0v) is 22.3. The van der Waals surface area contributed by atoms with Crippen LogP contribution in [0.4, 0.5) is 9.18 Å². The third-order valence-electron chi connectivity index (χ3n) is 7.77. The SMILES string of the molecule is CC(c1ccc(B2OC(C)(C)C(C)(C)O2)cc1)N1CCC(CC(C)(C)O)(c2ccccc2F)OC1=O. The third-order valence-corrected chi connectivity index (χ3v) is 7.77. The molecule has 0 aromatic heterocycles. The van der Waals surface area contributed by atoms with Crippen LogP contribution < -0.4 is 5.46 Å². The highest BCUT2D eigenvalue weighted by molar-refractivity contribution is 6.62. The van der Waals surface area contributed by atoms with Crippen molar-refractivity contribution in [1.29, 1.82) is 0 Å². The Hall–Kier alpha value is -2.42. The average Bonchev–Trinajstić information content (AvgIpc) is 2.99. The fraction of sp³-hybridized carbons (Fsp3) is 0.536. The van der Waals surface area contributed by atoms with Crippen LogP contribution in [0.2, 0.25) is 0 Å². The standard InChI is InChI=1S/C28H37BFNO5/c1-19(20-12-14-21(15-13-20)29-35-26(4,5)27(6,7)36-29)31-17-16-28(34-24(31)32,18-25(2,3)33)22-10-8-9-11-23(22)30/h8-15,19,33H,16-18H2,1-7H3. The lowest BCUT2D eigenvalue weighted by atomic mass is 9.78. The second-order valence-corrected chi connectivity index (χ2v) is 11.7. The topological polar surface area (TPSA) is 68.2 Å². The molecule has 8 heteroatoms. The smallest absolute Gasteiger partial charge is 0.438 e. The van der Waals surface area contributed by atoms with E-state index in [9.17, 15) is 14.3 Å². The molecule has 2 heterocycles. The van der Waals surface area contributed by atoms with Crippen molar-refractivity contribution in [1.82, 2.24) is 4.90 Å². The summed E-state index contributed by atoms with van der Waals surface area (Å²) in [6.07, 6.45) is -0.0752. The number of amides is 1. The van der Waals surface area contributed by atoms with E-state index in [2.05, 4.69) is 0 Å². The van der Waals surface area contributed by atoms with Gasteiger partial charge in [-0.25, -0.2) is 9.18 Å². The Balaban J connectivity index is 1.52. The van der Waals surface area contributed by atoms with Gasteiger partial charge in [-0.05, 0) is 65.6 Å². The largest absolute Gasteiger partial charge is 0.494 e. The van der Waals surface area contributed by atoms with Gasteiger partial charge in [-0.15, -0.1) is 0 Å². The van der Waals surface area contributed by atoms with Crippen LogP contribution in [-0.2, 0) is 19.6 Å². The lowest BCUT2D eigenvalue weighted by Crippen LogP contribution is -2.51. The maximum Gasteiger partial charge on any atom is 0.494 e. The van der Waals surface area contributed by atoms with Gasteiger partial charge in [-0.1, -0.05) is 42.5 Å². The molecule has 0 spiro atoms. The van der Waals surface area contributed by atoms with Crippen LogP contribution >= 0.6 is 0 Å². The van der Waals surface area contributed by atoms with Gasteiger partial charge in [0.15, 0.2) is 0 Å². The Kier molecular flexibility index (Phi) is 6.78. The van der Waals surface area contributed by atoms with Crippen molar-refractivity contribution in [3.8, 4) is 0 Å². The van der Waals surface area contributed by atoms with E-state index in [1.807, 2.05) is 58.9 Å². The lowest BCUT2D eigenvalue weighted by Gasteiger charge is -2.45. The Morgan fingerprint density at radius 3 is 2.17 bits per heavy atom. The molecule has 2 aromatic rings. The summed E-state index contributed by atoms with van der Waals surface area (Å²) in [5, 5.41) is 10.6. The van der Waals surface area contributed by atoms with E-state index in [1.165, 1.54) is 6.07 Å². The van der Waals surface area contributed by atoms with Crippen molar-refractivity contribution < 1.29 is 28.3 Å². The molecule has 2 aliphatic heterocycles. The van der Waals surface area contributed by atoms with E-state index in [0.717, 1.165) is 11.0 Å². The number of carbonyl (C=O) groups is 1. The first kappa shape index (κ1) is 26.6. The number of rotatable bonds is 6. The van der Waals surface area contributed by atoms with E-state index in [0.29, 0.717) is 18.5 Å². The van der Waals surface area contributed by atoms with Gasteiger partial charge < -0.3 is 24.1 Å². The van der Waals surface area contributed by atoms with Crippen LogP contribution in [0.3, 0.4) is 0 Å². The maximum absolute atomic E-state index is 14.8. The van der Waals surface area contributed by atoms with E-state index < -0.39 is 41.4 Å². The second-order valence-electron chi connectivity index (χ2n) is 11.7. The van der Waals surface area contributed by atoms with Gasteiger partial charge in [0, 0.05) is 24.9 Å². The summed E-state index contributed by atoms with van der Waals surface area (Å²) in [6.45, 7) is 13.7. The molecule has 0 radical (unpaired) electrons. The molecule has 0 bridgehead atoms. The Morgan fingerprint density at radius 2 is 1.64 bits per heavy atom. The molecule has 2 saturated heterocycles. The highest BCUT2D eigenvalue weighted by atomic mass is 19.1. The molecule has 2 unspecified atom stereocenters. The minimum Gasteiger partial charge on any atom is -0.438 e. The highest BCUT2D eigenvalue weighted by Gasteiger charge is 2.52. The average molecular weight is 497 g/mol. The highest BCUT2D eigenvalue weighted by Crippen LogP contribution is 2.43. The van der Waals surface area contributed by atoms with Crippen molar-refractivity contribution in [3.63, 3.8) is 0 Å². The summed E-state index contributed by atoms with van der Waals surface area (Å²) in [4.78, 5) is 14.9. The molecule has 1 amide bonds. The van der Waals surface area contributed by atoms with Crippen molar-refractivity contribution in [3.05, 3.63) is 65.5 Å². The minimum absolute atomic E-state index is 0.0949. The summed E-state index contributed by atoms with van der Waals surface area (Å²) in [5.41, 5.74) is -1.09. The molecule has 0 saturated carbocycles. The first-order valence-electron chi connectivity index (χ1n) is 12.6. The molecule has 2 fully saturated rings. The van der Waals surface area contributed by atoms with Crippen molar-refractivity contribution >= 4 is 18.7 Å². The number of benzene rings is 2. The predicted molar refractivity (Wildman–Crippen MR) is 137 cm³/mol. The second kappa shape index (κ2) is 9.16. The quantitative estimate of drug-likeness (QED) is 0.564. The normalized spacial score (nSPS) is 24.5. The molecule has 2 aromatic carbocycles. The molecule has 4 rings (SSSR count). The van der Waals surface area contributed by atoms with Crippen LogP contribution in [0.5, 0.6) is 0 Å². The molecule has 1 N–H and O–H groups in total. The van der Waals surface area contributed by atoms with Crippen LogP contribution in [-0.4, -0.2) is 46.6 Å². The fourth-order valence-corrected chi connectivity index (χ4v) is 5.05. The van der Waals surface area contributed by atoms with Crippen LogP contribution in [0.25, 0.3) is 0 Å².